The van der Waals surface area contributed by atoms with Crippen molar-refractivity contribution in [1.29, 1.82) is 5.26 Å². The van der Waals surface area contributed by atoms with E-state index in [1.165, 1.54) is 0 Å². The minimum atomic E-state index is 0.374. The van der Waals surface area contributed by atoms with Crippen molar-refractivity contribution in [3.05, 3.63) is 58.5 Å². The summed E-state index contributed by atoms with van der Waals surface area (Å²) in [5.74, 6) is 1.13. The van der Waals surface area contributed by atoms with Gasteiger partial charge in [0.05, 0.1) is 23.6 Å². The van der Waals surface area contributed by atoms with Crippen molar-refractivity contribution in [3.8, 4) is 11.8 Å². The van der Waals surface area contributed by atoms with Crippen molar-refractivity contribution < 1.29 is 0 Å². The van der Waals surface area contributed by atoms with Gasteiger partial charge in [-0.25, -0.2) is 9.67 Å². The van der Waals surface area contributed by atoms with Crippen molar-refractivity contribution in [3.63, 3.8) is 0 Å². The summed E-state index contributed by atoms with van der Waals surface area (Å²) in [6.07, 6.45) is 1.43. The number of rotatable bonds is 8. The zero-order chi connectivity index (χ0) is 23.1. The molecule has 0 atom stereocenters. The summed E-state index contributed by atoms with van der Waals surface area (Å²) in [7, 11) is 1.94. The fraction of sp³-hybridized carbons (Fsp3) is 0.391. The van der Waals surface area contributed by atoms with Crippen molar-refractivity contribution in [2.75, 3.05) is 18.8 Å². The molecule has 9 heteroatoms. The number of hydrogen-bond acceptors (Lipinski definition) is 5. The van der Waals surface area contributed by atoms with Crippen LogP contribution >= 0.6 is 0 Å². The number of hydrogen-bond donors (Lipinski definition) is 3. The molecule has 3 rings (SSSR count). The first-order valence-corrected chi connectivity index (χ1v) is 10.8. The Morgan fingerprint density at radius 3 is 2.56 bits per heavy atom. The predicted molar refractivity (Wildman–Crippen MR) is 127 cm³/mol. The number of aliphatic imine (C=N–C) groups is 1. The Kier molecular flexibility index (Phi) is 7.49. The molecular formula is C23H31N9. The van der Waals surface area contributed by atoms with Gasteiger partial charge in [0.1, 0.15) is 17.5 Å². The Morgan fingerprint density at radius 2 is 1.94 bits per heavy atom. The van der Waals surface area contributed by atoms with Gasteiger partial charge in [-0.2, -0.15) is 15.5 Å². The first-order chi connectivity index (χ1) is 15.5. The summed E-state index contributed by atoms with van der Waals surface area (Å²) in [5.41, 5.74) is 11.4. The summed E-state index contributed by atoms with van der Waals surface area (Å²) in [4.78, 5) is 4.70. The molecule has 9 nitrogen and oxygen atoms in total. The molecule has 0 spiro atoms. The van der Waals surface area contributed by atoms with Crippen LogP contribution in [0.1, 0.15) is 41.6 Å². The minimum absolute atomic E-state index is 0.374. The molecule has 1 aromatic carbocycles. The third kappa shape index (κ3) is 5.09. The number of nitrogens with one attached hydrogen (secondary N) is 2. The predicted octanol–water partition coefficient (Wildman–Crippen LogP) is 2.36. The largest absolute Gasteiger partial charge is 0.382 e. The van der Waals surface area contributed by atoms with E-state index in [-0.39, 0.29) is 0 Å². The molecule has 0 aliphatic rings. The monoisotopic (exact) mass is 433 g/mol. The number of anilines is 1. The van der Waals surface area contributed by atoms with E-state index < -0.39 is 0 Å². The van der Waals surface area contributed by atoms with Crippen LogP contribution in [0.2, 0.25) is 0 Å². The summed E-state index contributed by atoms with van der Waals surface area (Å²) in [5, 5.41) is 25.2. The number of nitrogen functional groups attached to an aromatic ring is 1. The zero-order valence-electron chi connectivity index (χ0n) is 19.2. The molecule has 32 heavy (non-hydrogen) atoms. The molecule has 0 saturated heterocycles. The molecule has 0 radical (unpaired) electrons. The van der Waals surface area contributed by atoms with Crippen LogP contribution in [-0.4, -0.2) is 38.6 Å². The molecule has 3 aromatic rings. The average Bonchev–Trinajstić information content (AvgIpc) is 3.24. The first-order valence-electron chi connectivity index (χ1n) is 10.8. The molecule has 168 valence electrons. The lowest BCUT2D eigenvalue weighted by Crippen LogP contribution is -2.37. The van der Waals surface area contributed by atoms with Crippen LogP contribution in [-0.2, 0) is 20.0 Å². The van der Waals surface area contributed by atoms with Crippen LogP contribution in [0.25, 0.3) is 5.69 Å². The number of para-hydroxylation sites is 1. The van der Waals surface area contributed by atoms with Gasteiger partial charge in [-0.05, 0) is 45.7 Å². The van der Waals surface area contributed by atoms with E-state index in [2.05, 4.69) is 33.8 Å². The molecular weight excluding hydrogens is 402 g/mol. The van der Waals surface area contributed by atoms with Gasteiger partial charge < -0.3 is 16.4 Å². The van der Waals surface area contributed by atoms with Crippen LogP contribution in [0.3, 0.4) is 0 Å². The second-order valence-corrected chi connectivity index (χ2v) is 7.56. The molecule has 0 saturated carbocycles. The lowest BCUT2D eigenvalue weighted by Gasteiger charge is -2.11. The van der Waals surface area contributed by atoms with Gasteiger partial charge >= 0.3 is 0 Å². The highest BCUT2D eigenvalue weighted by molar-refractivity contribution is 5.79. The number of benzene rings is 1. The van der Waals surface area contributed by atoms with Crippen molar-refractivity contribution in [2.24, 2.45) is 12.0 Å². The van der Waals surface area contributed by atoms with E-state index in [1.54, 1.807) is 4.68 Å². The van der Waals surface area contributed by atoms with Crippen molar-refractivity contribution in [1.82, 2.24) is 30.2 Å². The highest BCUT2D eigenvalue weighted by atomic mass is 15.3. The third-order valence-electron chi connectivity index (χ3n) is 5.39. The van der Waals surface area contributed by atoms with Crippen LogP contribution in [0, 0.1) is 25.2 Å². The van der Waals surface area contributed by atoms with E-state index >= 15 is 0 Å². The molecule has 2 aromatic heterocycles. The second-order valence-electron chi connectivity index (χ2n) is 7.56. The van der Waals surface area contributed by atoms with Crippen LogP contribution in [0.15, 0.2) is 35.3 Å². The Balaban J connectivity index is 1.62. The molecule has 0 aliphatic carbocycles. The maximum Gasteiger partial charge on any atom is 0.191 e. The van der Waals surface area contributed by atoms with E-state index in [0.717, 1.165) is 41.6 Å². The molecule has 0 aliphatic heterocycles. The second kappa shape index (κ2) is 10.5. The third-order valence-corrected chi connectivity index (χ3v) is 5.39. The van der Waals surface area contributed by atoms with Crippen LogP contribution in [0.5, 0.6) is 0 Å². The number of nitrogens with zero attached hydrogens (tertiary/aromatic N) is 6. The molecule has 0 bridgehead atoms. The first kappa shape index (κ1) is 22.9. The van der Waals surface area contributed by atoms with Crippen molar-refractivity contribution >= 4 is 11.8 Å². The maximum absolute atomic E-state index is 9.56. The summed E-state index contributed by atoms with van der Waals surface area (Å²) < 4.78 is 3.51. The van der Waals surface area contributed by atoms with Crippen LogP contribution < -0.4 is 16.4 Å². The zero-order valence-corrected chi connectivity index (χ0v) is 19.2. The fourth-order valence-electron chi connectivity index (χ4n) is 3.55. The number of nitriles is 1. The Labute approximate surface area is 189 Å². The highest BCUT2D eigenvalue weighted by Gasteiger charge is 2.16. The highest BCUT2D eigenvalue weighted by Crippen LogP contribution is 2.21. The van der Waals surface area contributed by atoms with Gasteiger partial charge in [0.25, 0.3) is 0 Å². The summed E-state index contributed by atoms with van der Waals surface area (Å²) >= 11 is 0. The summed E-state index contributed by atoms with van der Waals surface area (Å²) in [6.45, 7) is 8.13. The molecule has 0 amide bonds. The van der Waals surface area contributed by atoms with E-state index in [9.17, 15) is 5.26 Å². The smallest absolute Gasteiger partial charge is 0.191 e. The number of nitrogens with two attached hydrogens (primary N) is 1. The molecule has 4 N–H and O–H groups in total. The number of aromatic nitrogens is 4. The summed E-state index contributed by atoms with van der Waals surface area (Å²) in [6, 6.07) is 11.8. The SMILES string of the molecule is CCNC(=NCc1c(C)nn(C)c1C)NCCCc1nn(-c2ccccc2)c(N)c1C#N. The Bertz CT molecular complexity index is 1120. The van der Waals surface area contributed by atoms with Gasteiger partial charge in [-0.3, -0.25) is 4.68 Å². The molecule has 0 unspecified atom stereocenters. The van der Waals surface area contributed by atoms with Gasteiger partial charge in [-0.1, -0.05) is 18.2 Å². The fourth-order valence-corrected chi connectivity index (χ4v) is 3.55. The van der Waals surface area contributed by atoms with Gasteiger partial charge in [-0.15, -0.1) is 0 Å². The van der Waals surface area contributed by atoms with E-state index in [4.69, 9.17) is 10.7 Å². The number of guanidine groups is 1. The lowest BCUT2D eigenvalue weighted by molar-refractivity contribution is 0.721. The van der Waals surface area contributed by atoms with Crippen LogP contribution in [0.4, 0.5) is 5.82 Å². The quantitative estimate of drug-likeness (QED) is 0.285. The van der Waals surface area contributed by atoms with E-state index in [0.29, 0.717) is 36.6 Å². The van der Waals surface area contributed by atoms with Gasteiger partial charge in [0.2, 0.25) is 0 Å². The topological polar surface area (TPSA) is 122 Å². The minimum Gasteiger partial charge on any atom is -0.382 e. The average molecular weight is 434 g/mol. The standard InChI is InChI=1S/C23H31N9/c1-5-26-23(28-15-20-16(2)29-31(4)17(20)3)27-13-9-12-21-19(14-24)22(25)32(30-21)18-10-7-6-8-11-18/h6-8,10-11H,5,9,12-13,15,25H2,1-4H3,(H2,26,27,28). The molecule has 2 heterocycles. The molecule has 0 fully saturated rings. The normalized spacial score (nSPS) is 11.4. The van der Waals surface area contributed by atoms with Crippen molar-refractivity contribution in [2.45, 2.75) is 40.2 Å². The Hall–Kier alpha value is -3.80. The number of aryl methyl sites for hydroxylation is 3. The Morgan fingerprint density at radius 1 is 1.19 bits per heavy atom. The van der Waals surface area contributed by atoms with E-state index in [1.807, 2.05) is 55.9 Å². The van der Waals surface area contributed by atoms with Gasteiger partial charge in [0.15, 0.2) is 5.96 Å². The maximum atomic E-state index is 9.56. The lowest BCUT2D eigenvalue weighted by atomic mass is 10.1. The van der Waals surface area contributed by atoms with Gasteiger partial charge in [0, 0.05) is 31.4 Å².